The van der Waals surface area contributed by atoms with Crippen LogP contribution in [0.3, 0.4) is 0 Å². The maximum absolute atomic E-state index is 13.9. The highest BCUT2D eigenvalue weighted by Gasteiger charge is 2.47. The quantitative estimate of drug-likeness (QED) is 0.183. The lowest BCUT2D eigenvalue weighted by atomic mass is 9.93. The highest BCUT2D eigenvalue weighted by molar-refractivity contribution is 6.52. The van der Waals surface area contributed by atoms with E-state index in [9.17, 15) is 24.2 Å². The highest BCUT2D eigenvalue weighted by Crippen LogP contribution is 2.45. The Morgan fingerprint density at radius 3 is 2.54 bits per heavy atom. The summed E-state index contributed by atoms with van der Waals surface area (Å²) in [6.07, 6.45) is 0. The smallest absolute Gasteiger partial charge is 0.300 e. The Labute approximate surface area is 216 Å². The van der Waals surface area contributed by atoms with Crippen LogP contribution in [-0.4, -0.2) is 28.5 Å². The summed E-state index contributed by atoms with van der Waals surface area (Å²) < 4.78 is 19.5. The molecule has 37 heavy (non-hydrogen) atoms. The maximum atomic E-state index is 13.9. The number of aliphatic hydroxyl groups excluding tert-OH is 1. The molecule has 0 aliphatic carbocycles. The normalized spacial score (nSPS) is 16.9. The molecule has 2 N–H and O–H groups in total. The van der Waals surface area contributed by atoms with E-state index in [1.165, 1.54) is 30.3 Å². The number of carbonyl (C=O) groups excluding carboxylic acids is 2. The van der Waals surface area contributed by atoms with Gasteiger partial charge in [0.15, 0.2) is 11.5 Å². The molecule has 4 aromatic carbocycles. The number of ether oxygens (including phenoxy) is 1. The second kappa shape index (κ2) is 9.59. The number of fused-ring (bicyclic) bond motifs is 1. The van der Waals surface area contributed by atoms with Crippen molar-refractivity contribution in [2.45, 2.75) is 13.0 Å². The average Bonchev–Trinajstić information content (AvgIpc) is 3.16. The van der Waals surface area contributed by atoms with E-state index in [1.807, 2.05) is 30.3 Å². The number of hydrogen-bond donors (Lipinski definition) is 2. The zero-order valence-corrected chi connectivity index (χ0v) is 20.4. The zero-order chi connectivity index (χ0) is 26.3. The molecule has 8 heteroatoms. The molecule has 0 radical (unpaired) electrons. The van der Waals surface area contributed by atoms with Gasteiger partial charge in [-0.1, -0.05) is 60.1 Å². The Morgan fingerprint density at radius 2 is 1.78 bits per heavy atom. The summed E-state index contributed by atoms with van der Waals surface area (Å²) in [6.45, 7) is 2.01. The Balaban J connectivity index is 1.79. The van der Waals surface area contributed by atoms with E-state index in [4.69, 9.17) is 16.3 Å². The van der Waals surface area contributed by atoms with Crippen molar-refractivity contribution >= 4 is 45.5 Å². The van der Waals surface area contributed by atoms with E-state index in [-0.39, 0.29) is 40.1 Å². The lowest BCUT2D eigenvalue weighted by Gasteiger charge is -2.26. The van der Waals surface area contributed by atoms with Gasteiger partial charge in [-0.15, -0.1) is 0 Å². The third kappa shape index (κ3) is 4.17. The standard InChI is InChI=1S/C29H21ClFNO5/c1-2-37-24-14-17(10-13-23(24)33)26-25(27(34)20-9-5-7-16-6-3-4-8-19(16)20)28(35)29(36)32(26)18-11-12-22(31)21(30)15-18/h3-15,26,33-34H,2H2,1H3/b27-25+. The van der Waals surface area contributed by atoms with Crippen molar-refractivity contribution in [1.29, 1.82) is 0 Å². The van der Waals surface area contributed by atoms with E-state index >= 15 is 0 Å². The number of nitrogens with zero attached hydrogens (tertiary/aromatic N) is 1. The SMILES string of the molecule is CCOc1cc(C2/C(=C(\O)c3cccc4ccccc34)C(=O)C(=O)N2c2ccc(F)c(Cl)c2)ccc1O. The Hall–Kier alpha value is -4.36. The van der Waals surface area contributed by atoms with Gasteiger partial charge in [-0.05, 0) is 53.6 Å². The van der Waals surface area contributed by atoms with Crippen molar-refractivity contribution in [2.75, 3.05) is 11.5 Å². The van der Waals surface area contributed by atoms with Crippen LogP contribution in [-0.2, 0) is 9.59 Å². The number of rotatable bonds is 5. The second-order valence-corrected chi connectivity index (χ2v) is 8.86. The van der Waals surface area contributed by atoms with Gasteiger partial charge in [0.2, 0.25) is 0 Å². The molecular weight excluding hydrogens is 497 g/mol. The van der Waals surface area contributed by atoms with Gasteiger partial charge in [0.25, 0.3) is 11.7 Å². The number of phenolic OH excluding ortho intramolecular Hbond substituents is 1. The van der Waals surface area contributed by atoms with Gasteiger partial charge in [0.1, 0.15) is 11.6 Å². The lowest BCUT2D eigenvalue weighted by molar-refractivity contribution is -0.132. The predicted octanol–water partition coefficient (Wildman–Crippen LogP) is 6.36. The van der Waals surface area contributed by atoms with Crippen LogP contribution in [0.2, 0.25) is 5.02 Å². The fraction of sp³-hybridized carbons (Fsp3) is 0.103. The van der Waals surface area contributed by atoms with Crippen molar-refractivity contribution < 1.29 is 28.9 Å². The number of phenols is 1. The fourth-order valence-corrected chi connectivity index (χ4v) is 4.77. The van der Waals surface area contributed by atoms with Gasteiger partial charge in [0, 0.05) is 11.3 Å². The van der Waals surface area contributed by atoms with Gasteiger partial charge in [-0.25, -0.2) is 4.39 Å². The molecule has 6 nitrogen and oxygen atoms in total. The Morgan fingerprint density at radius 1 is 1.03 bits per heavy atom. The van der Waals surface area contributed by atoms with E-state index < -0.39 is 23.5 Å². The third-order valence-corrected chi connectivity index (χ3v) is 6.56. The first kappa shape index (κ1) is 24.3. The van der Waals surface area contributed by atoms with Crippen LogP contribution < -0.4 is 9.64 Å². The summed E-state index contributed by atoms with van der Waals surface area (Å²) in [7, 11) is 0. The van der Waals surface area contributed by atoms with Crippen LogP contribution in [0.1, 0.15) is 24.1 Å². The van der Waals surface area contributed by atoms with Gasteiger partial charge in [-0.2, -0.15) is 0 Å². The molecule has 1 atom stereocenters. The molecule has 1 fully saturated rings. The molecule has 0 bridgehead atoms. The average molecular weight is 518 g/mol. The molecule has 1 aliphatic heterocycles. The number of amides is 1. The van der Waals surface area contributed by atoms with Crippen molar-refractivity contribution in [3.8, 4) is 11.5 Å². The van der Waals surface area contributed by atoms with Crippen LogP contribution in [0.15, 0.2) is 84.4 Å². The molecule has 1 saturated heterocycles. The summed E-state index contributed by atoms with van der Waals surface area (Å²) in [5.41, 5.74) is 0.779. The number of hydrogen-bond acceptors (Lipinski definition) is 5. The van der Waals surface area contributed by atoms with Crippen LogP contribution in [0, 0.1) is 5.82 Å². The molecule has 1 amide bonds. The molecule has 1 heterocycles. The first-order chi connectivity index (χ1) is 17.8. The number of carbonyl (C=O) groups is 2. The molecule has 1 unspecified atom stereocenters. The molecule has 0 saturated carbocycles. The van der Waals surface area contributed by atoms with Crippen LogP contribution >= 0.6 is 11.6 Å². The summed E-state index contributed by atoms with van der Waals surface area (Å²) in [6, 6.07) is 19.6. The molecule has 0 spiro atoms. The summed E-state index contributed by atoms with van der Waals surface area (Å²) >= 11 is 6.01. The Kier molecular flexibility index (Phi) is 6.31. The zero-order valence-electron chi connectivity index (χ0n) is 19.6. The first-order valence-electron chi connectivity index (χ1n) is 11.5. The number of benzene rings is 4. The van der Waals surface area contributed by atoms with Crippen molar-refractivity contribution in [1.82, 2.24) is 0 Å². The molecular formula is C29H21ClFNO5. The van der Waals surface area contributed by atoms with Crippen molar-refractivity contribution in [2.24, 2.45) is 0 Å². The van der Waals surface area contributed by atoms with Crippen LogP contribution in [0.25, 0.3) is 16.5 Å². The molecule has 4 aromatic rings. The first-order valence-corrected chi connectivity index (χ1v) is 11.9. The van der Waals surface area contributed by atoms with Crippen molar-refractivity contribution in [3.63, 3.8) is 0 Å². The maximum Gasteiger partial charge on any atom is 0.300 e. The highest BCUT2D eigenvalue weighted by atomic mass is 35.5. The predicted molar refractivity (Wildman–Crippen MR) is 139 cm³/mol. The van der Waals surface area contributed by atoms with E-state index in [0.717, 1.165) is 16.4 Å². The monoisotopic (exact) mass is 517 g/mol. The number of aliphatic hydroxyl groups is 1. The summed E-state index contributed by atoms with van der Waals surface area (Å²) in [5, 5.41) is 23.1. The fourth-order valence-electron chi connectivity index (χ4n) is 4.60. The lowest BCUT2D eigenvalue weighted by Crippen LogP contribution is -2.29. The number of aromatic hydroxyl groups is 1. The van der Waals surface area contributed by atoms with Gasteiger partial charge in [0.05, 0.1) is 23.2 Å². The van der Waals surface area contributed by atoms with E-state index in [1.54, 1.807) is 19.1 Å². The minimum Gasteiger partial charge on any atom is -0.507 e. The molecule has 1 aliphatic rings. The molecule has 0 aromatic heterocycles. The largest absolute Gasteiger partial charge is 0.507 e. The number of ketones is 1. The molecule has 186 valence electrons. The Bertz CT molecular complexity index is 1590. The minimum atomic E-state index is -1.11. The number of Topliss-reactive ketones (excluding diaryl/α,β-unsaturated/α-hetero) is 1. The molecule has 5 rings (SSSR count). The van der Waals surface area contributed by atoms with Gasteiger partial charge in [-0.3, -0.25) is 14.5 Å². The van der Waals surface area contributed by atoms with Crippen LogP contribution in [0.5, 0.6) is 11.5 Å². The number of anilines is 1. The summed E-state index contributed by atoms with van der Waals surface area (Å²) in [5.74, 6) is -2.85. The second-order valence-electron chi connectivity index (χ2n) is 8.45. The van der Waals surface area contributed by atoms with Crippen molar-refractivity contribution in [3.05, 3.63) is 106 Å². The number of halogens is 2. The van der Waals surface area contributed by atoms with E-state index in [0.29, 0.717) is 16.5 Å². The van der Waals surface area contributed by atoms with Gasteiger partial charge < -0.3 is 14.9 Å². The topological polar surface area (TPSA) is 87.1 Å². The van der Waals surface area contributed by atoms with Crippen LogP contribution in [0.4, 0.5) is 10.1 Å². The minimum absolute atomic E-state index is 0.124. The summed E-state index contributed by atoms with van der Waals surface area (Å²) in [4.78, 5) is 28.0. The van der Waals surface area contributed by atoms with E-state index in [2.05, 4.69) is 0 Å². The third-order valence-electron chi connectivity index (χ3n) is 6.27. The van der Waals surface area contributed by atoms with Gasteiger partial charge >= 0.3 is 0 Å².